The maximum absolute atomic E-state index is 13.0. The van der Waals surface area contributed by atoms with Crippen LogP contribution in [-0.4, -0.2) is 73.6 Å². The van der Waals surface area contributed by atoms with Gasteiger partial charge in [-0.05, 0) is 37.1 Å². The van der Waals surface area contributed by atoms with Crippen molar-refractivity contribution < 1.29 is 13.2 Å². The summed E-state index contributed by atoms with van der Waals surface area (Å²) in [6.45, 7) is 2.76. The minimum absolute atomic E-state index is 0.0909. The molecular weight excluding hydrogens is 402 g/mol. The third-order valence-electron chi connectivity index (χ3n) is 6.06. The third-order valence-corrected chi connectivity index (χ3v) is 8.11. The van der Waals surface area contributed by atoms with E-state index in [9.17, 15) is 13.2 Å². The molecule has 1 N–H and O–H groups in total. The Morgan fingerprint density at radius 2 is 1.77 bits per heavy atom. The summed E-state index contributed by atoms with van der Waals surface area (Å²) in [4.78, 5) is 14.3. The summed E-state index contributed by atoms with van der Waals surface area (Å²) in [6, 6.07) is 8.92. The summed E-state index contributed by atoms with van der Waals surface area (Å²) in [7, 11) is -1.71. The van der Waals surface area contributed by atoms with Gasteiger partial charge in [0.1, 0.15) is 0 Å². The van der Waals surface area contributed by atoms with Crippen molar-refractivity contribution in [2.75, 3.05) is 45.1 Å². The number of hydrogen-bond acceptors (Lipinski definition) is 5. The molecule has 1 aliphatic carbocycles. The fourth-order valence-electron chi connectivity index (χ4n) is 4.11. The van der Waals surface area contributed by atoms with Gasteiger partial charge >= 0.3 is 0 Å². The Morgan fingerprint density at radius 1 is 1.13 bits per heavy atom. The minimum Gasteiger partial charge on any atom is -0.326 e. The number of nitrogens with zero attached hydrogens (tertiary/aromatic N) is 4. The molecule has 0 aromatic heterocycles. The third kappa shape index (κ3) is 5.79. The van der Waals surface area contributed by atoms with E-state index < -0.39 is 10.2 Å². The van der Waals surface area contributed by atoms with E-state index in [-0.39, 0.29) is 11.9 Å². The summed E-state index contributed by atoms with van der Waals surface area (Å²) in [5.74, 6) is -0.0909. The largest absolute Gasteiger partial charge is 0.326 e. The van der Waals surface area contributed by atoms with E-state index in [0.717, 1.165) is 25.7 Å². The van der Waals surface area contributed by atoms with Gasteiger partial charge in [0.2, 0.25) is 5.91 Å². The number of piperazine rings is 1. The van der Waals surface area contributed by atoms with Crippen LogP contribution >= 0.6 is 0 Å². The highest BCUT2D eigenvalue weighted by Gasteiger charge is 2.34. The highest BCUT2D eigenvalue weighted by molar-refractivity contribution is 7.86. The Morgan fingerprint density at radius 3 is 2.37 bits per heavy atom. The molecule has 164 valence electrons. The van der Waals surface area contributed by atoms with Crippen LogP contribution in [0.25, 0.3) is 0 Å². The summed E-state index contributed by atoms with van der Waals surface area (Å²) in [5, 5.41) is 11.6. The van der Waals surface area contributed by atoms with Crippen LogP contribution in [0.3, 0.4) is 0 Å². The predicted molar refractivity (Wildman–Crippen MR) is 116 cm³/mol. The molecule has 0 spiro atoms. The van der Waals surface area contributed by atoms with Crippen molar-refractivity contribution >= 4 is 21.8 Å². The van der Waals surface area contributed by atoms with Gasteiger partial charge in [0.25, 0.3) is 10.2 Å². The molecule has 0 bridgehead atoms. The molecule has 9 heteroatoms. The number of nitrogens with one attached hydrogen (secondary N) is 1. The number of hydrogen-bond donors (Lipinski definition) is 1. The lowest BCUT2D eigenvalue weighted by atomic mass is 9.96. The van der Waals surface area contributed by atoms with Crippen LogP contribution in [0.4, 0.5) is 5.69 Å². The van der Waals surface area contributed by atoms with Gasteiger partial charge in [0.15, 0.2) is 0 Å². The molecule has 0 radical (unpaired) electrons. The molecule has 30 heavy (non-hydrogen) atoms. The molecule has 1 amide bonds. The monoisotopic (exact) mass is 433 g/mol. The van der Waals surface area contributed by atoms with Gasteiger partial charge in [-0.15, -0.1) is 0 Å². The maximum Gasteiger partial charge on any atom is 0.282 e. The highest BCUT2D eigenvalue weighted by atomic mass is 32.2. The minimum atomic E-state index is -3.43. The van der Waals surface area contributed by atoms with E-state index in [1.54, 1.807) is 39.9 Å². The average molecular weight is 434 g/mol. The van der Waals surface area contributed by atoms with Crippen LogP contribution in [0.2, 0.25) is 0 Å². The summed E-state index contributed by atoms with van der Waals surface area (Å²) < 4.78 is 29.1. The lowest BCUT2D eigenvalue weighted by molar-refractivity contribution is -0.116. The molecular formula is C21H31N5O3S. The first-order chi connectivity index (χ1) is 14.4. The predicted octanol–water partition coefficient (Wildman–Crippen LogP) is 2.01. The number of amides is 1. The average Bonchev–Trinajstić information content (AvgIpc) is 2.78. The first-order valence-corrected chi connectivity index (χ1v) is 12.1. The van der Waals surface area contributed by atoms with Crippen molar-refractivity contribution in [2.24, 2.45) is 0 Å². The zero-order valence-electron chi connectivity index (χ0n) is 17.6. The first kappa shape index (κ1) is 22.7. The topological polar surface area (TPSA) is 96.8 Å². The van der Waals surface area contributed by atoms with Crippen molar-refractivity contribution in [3.05, 3.63) is 29.8 Å². The van der Waals surface area contributed by atoms with E-state index in [2.05, 4.69) is 10.2 Å². The lowest BCUT2D eigenvalue weighted by Crippen LogP contribution is -2.54. The van der Waals surface area contributed by atoms with E-state index in [4.69, 9.17) is 5.26 Å². The molecule has 1 aromatic rings. The fourth-order valence-corrected chi connectivity index (χ4v) is 5.69. The van der Waals surface area contributed by atoms with Crippen LogP contribution in [0.5, 0.6) is 0 Å². The van der Waals surface area contributed by atoms with E-state index in [1.165, 1.54) is 6.42 Å². The van der Waals surface area contributed by atoms with Crippen LogP contribution in [0, 0.1) is 11.3 Å². The quantitative estimate of drug-likeness (QED) is 0.710. The van der Waals surface area contributed by atoms with Gasteiger partial charge in [0.05, 0.1) is 11.6 Å². The molecule has 2 fully saturated rings. The van der Waals surface area contributed by atoms with E-state index >= 15 is 0 Å². The molecule has 3 rings (SSSR count). The zero-order chi connectivity index (χ0) is 21.6. The van der Waals surface area contributed by atoms with Crippen LogP contribution < -0.4 is 5.32 Å². The molecule has 0 atom stereocenters. The van der Waals surface area contributed by atoms with Crippen molar-refractivity contribution in [2.45, 2.75) is 44.6 Å². The van der Waals surface area contributed by atoms with Crippen LogP contribution in [0.15, 0.2) is 24.3 Å². The summed E-state index contributed by atoms with van der Waals surface area (Å²) >= 11 is 0. The SMILES string of the molecule is CN(C1CCCCC1)S(=O)(=O)N1CCN(CCC(=O)Nc2ccc(C#N)cc2)CC1. The number of nitriles is 1. The Labute approximate surface area is 179 Å². The van der Waals surface area contributed by atoms with Crippen molar-refractivity contribution in [1.29, 1.82) is 5.26 Å². The van der Waals surface area contributed by atoms with Gasteiger partial charge in [-0.3, -0.25) is 4.79 Å². The Kier molecular flexibility index (Phi) is 7.83. The van der Waals surface area contributed by atoms with Crippen molar-refractivity contribution in [3.8, 4) is 6.07 Å². The van der Waals surface area contributed by atoms with Crippen molar-refractivity contribution in [3.63, 3.8) is 0 Å². The second-order valence-corrected chi connectivity index (χ2v) is 10.0. The second-order valence-electron chi connectivity index (χ2n) is 8.04. The van der Waals surface area contributed by atoms with Gasteiger partial charge in [0, 0.05) is 57.9 Å². The molecule has 2 aliphatic rings. The van der Waals surface area contributed by atoms with E-state index in [0.29, 0.717) is 50.4 Å². The zero-order valence-corrected chi connectivity index (χ0v) is 18.4. The number of anilines is 1. The smallest absolute Gasteiger partial charge is 0.282 e. The highest BCUT2D eigenvalue weighted by Crippen LogP contribution is 2.25. The number of carbonyl (C=O) groups is 1. The Balaban J connectivity index is 1.42. The normalized spacial score (nSPS) is 19.5. The standard InChI is InChI=1S/C21H31N5O3S/c1-24(20-5-3-2-4-6-20)30(28,29)26-15-13-25(14-16-26)12-11-21(27)23-19-9-7-18(17-22)8-10-19/h7-10,20H,2-6,11-16H2,1H3,(H,23,27). The first-order valence-electron chi connectivity index (χ1n) is 10.7. The molecule has 1 heterocycles. The molecule has 0 unspecified atom stereocenters. The van der Waals surface area contributed by atoms with Gasteiger partial charge in [-0.2, -0.15) is 22.3 Å². The Bertz CT molecular complexity index is 852. The van der Waals surface area contributed by atoms with E-state index in [1.807, 2.05) is 6.07 Å². The van der Waals surface area contributed by atoms with Gasteiger partial charge in [-0.1, -0.05) is 19.3 Å². The molecule has 8 nitrogen and oxygen atoms in total. The molecule has 1 saturated carbocycles. The molecule has 1 aromatic carbocycles. The number of carbonyl (C=O) groups excluding carboxylic acids is 1. The number of rotatable bonds is 7. The van der Waals surface area contributed by atoms with Crippen molar-refractivity contribution in [1.82, 2.24) is 13.5 Å². The number of benzene rings is 1. The molecule has 1 saturated heterocycles. The fraction of sp³-hybridized carbons (Fsp3) is 0.619. The summed E-state index contributed by atoms with van der Waals surface area (Å²) in [5.41, 5.74) is 1.22. The summed E-state index contributed by atoms with van der Waals surface area (Å²) in [6.07, 6.45) is 5.64. The molecule has 1 aliphatic heterocycles. The van der Waals surface area contributed by atoms with Gasteiger partial charge in [-0.25, -0.2) is 0 Å². The van der Waals surface area contributed by atoms with Crippen LogP contribution in [0.1, 0.15) is 44.1 Å². The maximum atomic E-state index is 13.0. The van der Waals surface area contributed by atoms with Gasteiger partial charge < -0.3 is 10.2 Å². The second kappa shape index (κ2) is 10.4. The Hall–Kier alpha value is -1.99. The van der Waals surface area contributed by atoms with Crippen LogP contribution in [-0.2, 0) is 15.0 Å². The lowest BCUT2D eigenvalue weighted by Gasteiger charge is -2.38.